The van der Waals surface area contributed by atoms with Crippen molar-refractivity contribution in [2.24, 2.45) is 14.1 Å². The van der Waals surface area contributed by atoms with Gasteiger partial charge in [-0.2, -0.15) is 0 Å². The minimum Gasteiger partial charge on any atom is -0.456 e. The van der Waals surface area contributed by atoms with Gasteiger partial charge in [-0.15, -0.1) is 0 Å². The van der Waals surface area contributed by atoms with Gasteiger partial charge in [0.2, 0.25) is 0 Å². The number of benzene rings is 6. The van der Waals surface area contributed by atoms with E-state index in [1.807, 2.05) is 72.8 Å². The molecular formula is C42H29N5O2. The summed E-state index contributed by atoms with van der Waals surface area (Å²) >= 11 is 0. The lowest BCUT2D eigenvalue weighted by atomic mass is 10.0. The first-order valence-corrected chi connectivity index (χ1v) is 16.1. The minimum atomic E-state index is -0.0406. The van der Waals surface area contributed by atoms with E-state index >= 15 is 0 Å². The summed E-state index contributed by atoms with van der Waals surface area (Å²) in [4.78, 5) is 27.2. The van der Waals surface area contributed by atoms with E-state index in [9.17, 15) is 4.79 Å². The zero-order valence-corrected chi connectivity index (χ0v) is 26.8. The normalized spacial score (nSPS) is 11.6. The van der Waals surface area contributed by atoms with Crippen molar-refractivity contribution in [1.29, 1.82) is 0 Å². The molecule has 0 unspecified atom stereocenters. The van der Waals surface area contributed by atoms with Crippen molar-refractivity contribution in [3.05, 3.63) is 150 Å². The largest absolute Gasteiger partial charge is 0.456 e. The fraction of sp³-hybridized carbons (Fsp3) is 0.0476. The number of nitrogens with zero attached hydrogens (tertiary/aromatic N) is 5. The second-order valence-electron chi connectivity index (χ2n) is 12.2. The fourth-order valence-corrected chi connectivity index (χ4v) is 6.57. The van der Waals surface area contributed by atoms with Crippen LogP contribution >= 0.6 is 0 Å². The van der Waals surface area contributed by atoms with Gasteiger partial charge >= 0.3 is 5.69 Å². The summed E-state index contributed by atoms with van der Waals surface area (Å²) in [6, 6.07) is 47.1. The molecule has 0 aliphatic carbocycles. The van der Waals surface area contributed by atoms with Crippen LogP contribution < -0.4 is 5.69 Å². The van der Waals surface area contributed by atoms with Gasteiger partial charge in [0.15, 0.2) is 17.5 Å². The molecule has 7 heteroatoms. The summed E-state index contributed by atoms with van der Waals surface area (Å²) in [5.74, 6) is 1.80. The van der Waals surface area contributed by atoms with E-state index in [2.05, 4.69) is 66.7 Å². The smallest absolute Gasteiger partial charge is 0.328 e. The van der Waals surface area contributed by atoms with Gasteiger partial charge in [-0.3, -0.25) is 9.13 Å². The van der Waals surface area contributed by atoms with E-state index in [0.29, 0.717) is 17.5 Å². The van der Waals surface area contributed by atoms with Crippen molar-refractivity contribution in [2.45, 2.75) is 0 Å². The van der Waals surface area contributed by atoms with Crippen LogP contribution in [-0.2, 0) is 14.1 Å². The lowest BCUT2D eigenvalue weighted by Crippen LogP contribution is -2.19. The Morgan fingerprint density at radius 3 is 1.55 bits per heavy atom. The summed E-state index contributed by atoms with van der Waals surface area (Å²) in [5.41, 5.74) is 10.4. The molecule has 0 radical (unpaired) electrons. The van der Waals surface area contributed by atoms with Gasteiger partial charge in [0.25, 0.3) is 0 Å². The second kappa shape index (κ2) is 11.3. The molecule has 0 aliphatic rings. The van der Waals surface area contributed by atoms with Crippen molar-refractivity contribution >= 4 is 33.0 Å². The summed E-state index contributed by atoms with van der Waals surface area (Å²) < 4.78 is 9.48. The molecule has 0 N–H and O–H groups in total. The third kappa shape index (κ3) is 4.91. The molecule has 9 aromatic rings. The van der Waals surface area contributed by atoms with Gasteiger partial charge in [0.05, 0.1) is 11.0 Å². The number of fused-ring (bicyclic) bond motifs is 4. The maximum absolute atomic E-state index is 12.5. The fourth-order valence-electron chi connectivity index (χ4n) is 6.57. The predicted molar refractivity (Wildman–Crippen MR) is 196 cm³/mol. The average molecular weight is 636 g/mol. The van der Waals surface area contributed by atoms with E-state index in [0.717, 1.165) is 71.9 Å². The van der Waals surface area contributed by atoms with Crippen LogP contribution in [0.4, 0.5) is 0 Å². The molecule has 6 aromatic carbocycles. The number of aryl methyl sites for hydroxylation is 2. The zero-order valence-electron chi connectivity index (χ0n) is 26.8. The van der Waals surface area contributed by atoms with Crippen molar-refractivity contribution in [3.63, 3.8) is 0 Å². The van der Waals surface area contributed by atoms with Crippen LogP contribution in [0.3, 0.4) is 0 Å². The van der Waals surface area contributed by atoms with E-state index in [1.165, 1.54) is 0 Å². The Labute approximate surface area is 281 Å². The molecule has 3 aromatic heterocycles. The Kier molecular flexibility index (Phi) is 6.59. The molecule has 0 fully saturated rings. The molecule has 0 aliphatic heterocycles. The summed E-state index contributed by atoms with van der Waals surface area (Å²) in [6.07, 6.45) is 0. The quantitative estimate of drug-likeness (QED) is 0.188. The molecule has 3 heterocycles. The monoisotopic (exact) mass is 635 g/mol. The molecule has 0 atom stereocenters. The van der Waals surface area contributed by atoms with E-state index in [-0.39, 0.29) is 5.69 Å². The van der Waals surface area contributed by atoms with Crippen molar-refractivity contribution in [1.82, 2.24) is 24.1 Å². The SMILES string of the molecule is Cn1c(=O)n(C)c2cc(-c3ccc(-c4nc(-c5ccccc5)nc(-c5ccc(-c6ccc7c(c6)oc6ccccc67)cc5)n4)cc3)ccc21. The highest BCUT2D eigenvalue weighted by Gasteiger charge is 2.14. The Morgan fingerprint density at radius 1 is 0.429 bits per heavy atom. The Hall–Kier alpha value is -6.60. The van der Waals surface area contributed by atoms with Gasteiger partial charge in [-0.25, -0.2) is 19.7 Å². The van der Waals surface area contributed by atoms with Crippen molar-refractivity contribution < 1.29 is 4.42 Å². The molecule has 0 amide bonds. The van der Waals surface area contributed by atoms with E-state index in [1.54, 1.807) is 23.2 Å². The number of para-hydroxylation sites is 1. The van der Waals surface area contributed by atoms with Crippen LogP contribution in [0.1, 0.15) is 0 Å². The first kappa shape index (κ1) is 28.6. The Morgan fingerprint density at radius 2 is 0.898 bits per heavy atom. The lowest BCUT2D eigenvalue weighted by Gasteiger charge is -2.10. The third-order valence-corrected chi connectivity index (χ3v) is 9.27. The maximum atomic E-state index is 12.5. The average Bonchev–Trinajstić information content (AvgIpc) is 3.64. The number of rotatable bonds is 5. The minimum absolute atomic E-state index is 0.0406. The molecule has 234 valence electrons. The lowest BCUT2D eigenvalue weighted by molar-refractivity contribution is 0.669. The zero-order chi connectivity index (χ0) is 33.1. The van der Waals surface area contributed by atoms with Crippen molar-refractivity contribution in [3.8, 4) is 56.4 Å². The number of imidazole rings is 1. The summed E-state index contributed by atoms with van der Waals surface area (Å²) in [7, 11) is 3.60. The number of furan rings is 1. The van der Waals surface area contributed by atoms with Crippen molar-refractivity contribution in [2.75, 3.05) is 0 Å². The molecule has 0 spiro atoms. The molecule has 49 heavy (non-hydrogen) atoms. The topological polar surface area (TPSA) is 78.7 Å². The Bertz CT molecular complexity index is 2740. The van der Waals surface area contributed by atoms with Crippen LogP contribution in [0.2, 0.25) is 0 Å². The van der Waals surface area contributed by atoms with Crippen LogP contribution in [0, 0.1) is 0 Å². The first-order chi connectivity index (χ1) is 24.0. The number of hydrogen-bond acceptors (Lipinski definition) is 5. The highest BCUT2D eigenvalue weighted by molar-refractivity contribution is 6.05. The first-order valence-electron chi connectivity index (χ1n) is 16.1. The second-order valence-corrected chi connectivity index (χ2v) is 12.2. The van der Waals surface area contributed by atoms with Crippen LogP contribution in [-0.4, -0.2) is 24.1 Å². The van der Waals surface area contributed by atoms with Crippen LogP contribution in [0.5, 0.6) is 0 Å². The summed E-state index contributed by atoms with van der Waals surface area (Å²) in [6.45, 7) is 0. The van der Waals surface area contributed by atoms with E-state index in [4.69, 9.17) is 19.4 Å². The highest BCUT2D eigenvalue weighted by Crippen LogP contribution is 2.33. The van der Waals surface area contributed by atoms with Gasteiger partial charge < -0.3 is 4.42 Å². The maximum Gasteiger partial charge on any atom is 0.328 e. The molecule has 0 saturated heterocycles. The predicted octanol–water partition coefficient (Wildman–Crippen LogP) is 9.30. The van der Waals surface area contributed by atoms with Gasteiger partial charge in [-0.05, 0) is 52.6 Å². The molecule has 0 bridgehead atoms. The standard InChI is InChI=1S/C42H29N5O2/c1-46-35-23-21-31(24-36(35)47(2)42(46)48)26-12-16-29(17-13-26)40-43-39(28-8-4-3-5-9-28)44-41(45-40)30-18-14-27(15-19-30)32-20-22-34-33-10-6-7-11-37(33)49-38(34)25-32/h3-25H,1-2H3. The molecule has 7 nitrogen and oxygen atoms in total. The summed E-state index contributed by atoms with van der Waals surface area (Å²) in [5, 5.41) is 2.23. The van der Waals surface area contributed by atoms with Gasteiger partial charge in [0.1, 0.15) is 11.2 Å². The van der Waals surface area contributed by atoms with Crippen LogP contribution in [0.15, 0.2) is 149 Å². The molecular weight excluding hydrogens is 606 g/mol. The van der Waals surface area contributed by atoms with Gasteiger partial charge in [0, 0.05) is 41.6 Å². The Balaban J connectivity index is 1.07. The third-order valence-electron chi connectivity index (χ3n) is 9.27. The number of hydrogen-bond donors (Lipinski definition) is 0. The van der Waals surface area contributed by atoms with Crippen LogP contribution in [0.25, 0.3) is 89.4 Å². The van der Waals surface area contributed by atoms with Gasteiger partial charge in [-0.1, -0.05) is 109 Å². The number of aromatic nitrogens is 5. The molecule has 0 saturated carbocycles. The van der Waals surface area contributed by atoms with E-state index < -0.39 is 0 Å². The highest BCUT2D eigenvalue weighted by atomic mass is 16.3. The molecule has 9 rings (SSSR count).